The summed E-state index contributed by atoms with van der Waals surface area (Å²) in [5.41, 5.74) is 1.52. The summed E-state index contributed by atoms with van der Waals surface area (Å²) < 4.78 is 52.7. The number of fused-ring (bicyclic) bond motifs is 3. The summed E-state index contributed by atoms with van der Waals surface area (Å²) in [5, 5.41) is 2.38. The van der Waals surface area contributed by atoms with Crippen LogP contribution in [-0.4, -0.2) is 53.7 Å². The molecule has 1 saturated heterocycles. The van der Waals surface area contributed by atoms with Crippen LogP contribution in [0.5, 0.6) is 0 Å². The molecular weight excluding hydrogens is 430 g/mol. The molecular formula is C20H16F2N4O4S. The summed E-state index contributed by atoms with van der Waals surface area (Å²) in [6.45, 7) is -0.347. The largest absolute Gasteiger partial charge is 0.336 e. The van der Waals surface area contributed by atoms with Crippen LogP contribution in [0.1, 0.15) is 12.1 Å². The quantitative estimate of drug-likeness (QED) is 0.779. The van der Waals surface area contributed by atoms with Crippen LogP contribution in [0.2, 0.25) is 0 Å². The molecule has 8 nitrogen and oxygen atoms in total. The molecule has 0 radical (unpaired) electrons. The van der Waals surface area contributed by atoms with E-state index in [2.05, 4.69) is 10.3 Å². The van der Waals surface area contributed by atoms with Crippen molar-refractivity contribution in [1.82, 2.24) is 14.2 Å². The Labute approximate surface area is 176 Å². The lowest BCUT2D eigenvalue weighted by Crippen LogP contribution is -2.50. The van der Waals surface area contributed by atoms with Gasteiger partial charge in [-0.3, -0.25) is 9.78 Å². The van der Waals surface area contributed by atoms with Crippen molar-refractivity contribution >= 4 is 33.2 Å². The number of carbonyl (C=O) groups is 2. The van der Waals surface area contributed by atoms with E-state index in [0.717, 1.165) is 30.0 Å². The lowest BCUT2D eigenvalue weighted by Gasteiger charge is -2.31. The maximum atomic E-state index is 13.6. The standard InChI is InChI=1S/C20H16F2N4O4S/c21-12-1-4-17-18(6-12)31(29,30)26(20(28)24-17)10-19(27)25-9-11-5-14(25)7-15(11)16-3-2-13(22)8-23-16/h1-4,6-8,11,14H,5,9-10H2,(H,24,28)/t11-,14-/m0/s1. The molecule has 2 bridgehead atoms. The number of sulfonamides is 1. The molecule has 11 heteroatoms. The normalized spacial score (nSPS) is 23.4. The number of rotatable bonds is 3. The summed E-state index contributed by atoms with van der Waals surface area (Å²) in [6, 6.07) is 4.67. The first-order valence-electron chi connectivity index (χ1n) is 9.50. The van der Waals surface area contributed by atoms with E-state index in [1.165, 1.54) is 11.0 Å². The second kappa shape index (κ2) is 6.84. The maximum absolute atomic E-state index is 13.6. The van der Waals surface area contributed by atoms with Crippen molar-refractivity contribution in [3.05, 3.63) is 59.9 Å². The third kappa shape index (κ3) is 3.16. The smallest absolute Gasteiger partial charge is 0.334 e. The van der Waals surface area contributed by atoms with E-state index in [1.54, 1.807) is 6.07 Å². The Morgan fingerprint density at radius 1 is 1.19 bits per heavy atom. The number of likely N-dealkylation sites (tertiary alicyclic amines) is 1. The molecule has 1 aliphatic carbocycles. The topological polar surface area (TPSA) is 99.7 Å². The minimum absolute atomic E-state index is 0.00600. The van der Waals surface area contributed by atoms with Crippen molar-refractivity contribution in [2.24, 2.45) is 5.92 Å². The van der Waals surface area contributed by atoms with Gasteiger partial charge in [-0.15, -0.1) is 0 Å². The zero-order valence-electron chi connectivity index (χ0n) is 16.0. The molecule has 0 spiro atoms. The number of pyridine rings is 1. The number of anilines is 1. The van der Waals surface area contributed by atoms with Crippen molar-refractivity contribution in [2.45, 2.75) is 17.4 Å². The number of urea groups is 1. The van der Waals surface area contributed by atoms with E-state index in [9.17, 15) is 26.8 Å². The van der Waals surface area contributed by atoms with Gasteiger partial charge in [0.05, 0.1) is 23.6 Å². The molecule has 5 rings (SSSR count). The summed E-state index contributed by atoms with van der Waals surface area (Å²) >= 11 is 0. The molecule has 0 unspecified atom stereocenters. The number of nitrogens with one attached hydrogen (secondary N) is 1. The van der Waals surface area contributed by atoms with Gasteiger partial charge in [-0.1, -0.05) is 6.08 Å². The monoisotopic (exact) mass is 446 g/mol. The van der Waals surface area contributed by atoms with E-state index in [4.69, 9.17) is 0 Å². The fourth-order valence-corrected chi connectivity index (χ4v) is 5.75. The molecule has 1 fully saturated rings. The van der Waals surface area contributed by atoms with Crippen LogP contribution in [0.3, 0.4) is 0 Å². The van der Waals surface area contributed by atoms with Crippen molar-refractivity contribution in [1.29, 1.82) is 0 Å². The van der Waals surface area contributed by atoms with Gasteiger partial charge in [-0.05, 0) is 42.3 Å². The molecule has 1 N–H and O–H groups in total. The Bertz CT molecular complexity index is 1250. The second-order valence-electron chi connectivity index (χ2n) is 7.61. The number of halogens is 2. The number of nitrogens with zero attached hydrogens (tertiary/aromatic N) is 3. The Hall–Kier alpha value is -3.34. The number of benzene rings is 1. The van der Waals surface area contributed by atoms with Gasteiger partial charge in [0.25, 0.3) is 10.0 Å². The average Bonchev–Trinajstić information content (AvgIpc) is 3.33. The van der Waals surface area contributed by atoms with Gasteiger partial charge in [-0.25, -0.2) is 26.3 Å². The Balaban J connectivity index is 1.36. The molecule has 3 aliphatic rings. The van der Waals surface area contributed by atoms with Crippen molar-refractivity contribution in [2.75, 3.05) is 18.4 Å². The van der Waals surface area contributed by atoms with Crippen LogP contribution in [0.4, 0.5) is 19.3 Å². The van der Waals surface area contributed by atoms with Gasteiger partial charge in [0.15, 0.2) is 0 Å². The van der Waals surface area contributed by atoms with Gasteiger partial charge in [0.1, 0.15) is 23.1 Å². The SMILES string of the molecule is O=C(CN1C(=O)Nc2ccc(F)cc2S1(=O)=O)N1C[C@@H]2C[C@H]1C=C2c1ccc(F)cn1. The highest BCUT2D eigenvalue weighted by Crippen LogP contribution is 2.42. The van der Waals surface area contributed by atoms with Crippen LogP contribution in [0, 0.1) is 17.6 Å². The molecule has 2 aromatic rings. The Morgan fingerprint density at radius 3 is 2.65 bits per heavy atom. The lowest BCUT2D eigenvalue weighted by molar-refractivity contribution is -0.131. The number of carbonyl (C=O) groups excluding carboxylic acids is 2. The van der Waals surface area contributed by atoms with Gasteiger partial charge in [0, 0.05) is 12.5 Å². The predicted molar refractivity (Wildman–Crippen MR) is 105 cm³/mol. The second-order valence-corrected chi connectivity index (χ2v) is 9.44. The van der Waals surface area contributed by atoms with Crippen molar-refractivity contribution in [3.63, 3.8) is 0 Å². The average molecular weight is 446 g/mol. The molecule has 3 amide bonds. The zero-order valence-corrected chi connectivity index (χ0v) is 16.8. The van der Waals surface area contributed by atoms with Crippen LogP contribution < -0.4 is 5.32 Å². The molecule has 1 aromatic heterocycles. The van der Waals surface area contributed by atoms with E-state index in [-0.39, 0.29) is 17.6 Å². The molecule has 31 heavy (non-hydrogen) atoms. The fraction of sp³-hybridized carbons (Fsp3) is 0.250. The van der Waals surface area contributed by atoms with Gasteiger partial charge in [0.2, 0.25) is 5.91 Å². The minimum atomic E-state index is -4.38. The van der Waals surface area contributed by atoms with E-state index in [1.807, 2.05) is 6.08 Å². The van der Waals surface area contributed by atoms with Crippen LogP contribution in [0.25, 0.3) is 5.57 Å². The number of aromatic nitrogens is 1. The van der Waals surface area contributed by atoms with Crippen LogP contribution in [0.15, 0.2) is 47.5 Å². The highest BCUT2D eigenvalue weighted by Gasteiger charge is 2.44. The molecule has 160 valence electrons. The number of hydrogen-bond donors (Lipinski definition) is 1. The summed E-state index contributed by atoms with van der Waals surface area (Å²) in [7, 11) is -4.38. The lowest BCUT2D eigenvalue weighted by atomic mass is 9.99. The van der Waals surface area contributed by atoms with E-state index >= 15 is 0 Å². The summed E-state index contributed by atoms with van der Waals surface area (Å²) in [6.07, 6.45) is 3.64. The fourth-order valence-electron chi connectivity index (χ4n) is 4.31. The third-order valence-corrected chi connectivity index (χ3v) is 7.53. The van der Waals surface area contributed by atoms with E-state index < -0.39 is 45.0 Å². The molecule has 2 atom stereocenters. The Morgan fingerprint density at radius 2 is 1.97 bits per heavy atom. The van der Waals surface area contributed by atoms with Crippen LogP contribution in [-0.2, 0) is 14.8 Å². The molecule has 0 saturated carbocycles. The Kier molecular flexibility index (Phi) is 4.33. The van der Waals surface area contributed by atoms with Gasteiger partial charge in [-0.2, -0.15) is 0 Å². The zero-order chi connectivity index (χ0) is 21.9. The number of amides is 3. The van der Waals surface area contributed by atoms with Gasteiger partial charge < -0.3 is 10.2 Å². The van der Waals surface area contributed by atoms with Gasteiger partial charge >= 0.3 is 6.03 Å². The highest BCUT2D eigenvalue weighted by molar-refractivity contribution is 7.90. The summed E-state index contributed by atoms with van der Waals surface area (Å²) in [5.74, 6) is -1.75. The maximum Gasteiger partial charge on any atom is 0.336 e. The molecule has 1 aromatic carbocycles. The van der Waals surface area contributed by atoms with Crippen molar-refractivity contribution < 1.29 is 26.8 Å². The first-order chi connectivity index (χ1) is 14.7. The van der Waals surface area contributed by atoms with Crippen molar-refractivity contribution in [3.8, 4) is 0 Å². The highest BCUT2D eigenvalue weighted by atomic mass is 32.2. The molecule has 3 heterocycles. The third-order valence-electron chi connectivity index (χ3n) is 5.76. The first kappa shape index (κ1) is 19.6. The van der Waals surface area contributed by atoms with Crippen LogP contribution >= 0.6 is 0 Å². The predicted octanol–water partition coefficient (Wildman–Crippen LogP) is 2.21. The number of hydrogen-bond acceptors (Lipinski definition) is 5. The minimum Gasteiger partial charge on any atom is -0.334 e. The first-order valence-corrected chi connectivity index (χ1v) is 10.9. The van der Waals surface area contributed by atoms with E-state index in [0.29, 0.717) is 23.0 Å². The summed E-state index contributed by atoms with van der Waals surface area (Å²) in [4.78, 5) is 30.4. The molecule has 2 aliphatic heterocycles.